The molecule has 1 aromatic heterocycles. The minimum Gasteiger partial charge on any atom is -0.508 e. The highest BCUT2D eigenvalue weighted by atomic mass is 32.2. The fourth-order valence-electron chi connectivity index (χ4n) is 3.04. The van der Waals surface area contributed by atoms with Crippen molar-refractivity contribution in [1.29, 1.82) is 0 Å². The molecule has 164 valence electrons. The Morgan fingerprint density at radius 2 is 1.75 bits per heavy atom. The van der Waals surface area contributed by atoms with E-state index < -0.39 is 10.0 Å². The molecule has 32 heavy (non-hydrogen) atoms. The van der Waals surface area contributed by atoms with Crippen molar-refractivity contribution >= 4 is 33.9 Å². The Morgan fingerprint density at radius 3 is 2.44 bits per heavy atom. The highest BCUT2D eigenvalue weighted by molar-refractivity contribution is 7.92. The van der Waals surface area contributed by atoms with Crippen LogP contribution in [0, 0.1) is 0 Å². The number of carbonyl (C=O) groups excluding carboxylic acids is 1. The van der Waals surface area contributed by atoms with E-state index in [1.807, 2.05) is 0 Å². The van der Waals surface area contributed by atoms with Crippen LogP contribution in [-0.2, 0) is 10.0 Å². The largest absolute Gasteiger partial charge is 0.508 e. The monoisotopic (exact) mass is 452 g/mol. The van der Waals surface area contributed by atoms with Gasteiger partial charge >= 0.3 is 0 Å². The molecule has 1 amide bonds. The highest BCUT2D eigenvalue weighted by Gasteiger charge is 2.23. The van der Waals surface area contributed by atoms with Gasteiger partial charge in [0.2, 0.25) is 5.95 Å². The minimum atomic E-state index is -3.79. The van der Waals surface area contributed by atoms with Crippen LogP contribution in [0.5, 0.6) is 5.75 Å². The molecule has 0 spiro atoms. The van der Waals surface area contributed by atoms with Crippen molar-refractivity contribution in [3.05, 3.63) is 72.6 Å². The minimum absolute atomic E-state index is 0.000187. The first-order valence-corrected chi connectivity index (χ1v) is 11.2. The van der Waals surface area contributed by atoms with Crippen LogP contribution >= 0.6 is 0 Å². The lowest BCUT2D eigenvalue weighted by Gasteiger charge is -2.15. The lowest BCUT2D eigenvalue weighted by molar-refractivity contribution is 0.0857. The zero-order chi connectivity index (χ0) is 22.6. The molecule has 1 atom stereocenters. The fourth-order valence-corrected chi connectivity index (χ4v) is 4.00. The first-order valence-electron chi connectivity index (χ1n) is 9.68. The molecule has 1 aliphatic heterocycles. The number of phenols is 1. The van der Waals surface area contributed by atoms with Gasteiger partial charge in [-0.05, 0) is 54.6 Å². The van der Waals surface area contributed by atoms with Gasteiger partial charge in [-0.1, -0.05) is 0 Å². The van der Waals surface area contributed by atoms with Gasteiger partial charge in [0.1, 0.15) is 5.75 Å². The predicted molar refractivity (Wildman–Crippen MR) is 119 cm³/mol. The number of rotatable bonds is 7. The van der Waals surface area contributed by atoms with Gasteiger partial charge in [-0.2, -0.15) is 0 Å². The van der Waals surface area contributed by atoms with Crippen molar-refractivity contribution in [1.82, 2.24) is 14.9 Å². The third kappa shape index (κ3) is 5.01. The van der Waals surface area contributed by atoms with Gasteiger partial charge in [0, 0.05) is 30.2 Å². The number of hydrogen-bond acceptors (Lipinski definition) is 8. The van der Waals surface area contributed by atoms with Crippen molar-refractivity contribution < 1.29 is 18.3 Å². The van der Waals surface area contributed by atoms with Crippen LogP contribution in [-0.4, -0.2) is 59.8 Å². The summed E-state index contributed by atoms with van der Waals surface area (Å²) in [6, 6.07) is 13.8. The van der Waals surface area contributed by atoms with E-state index in [9.17, 15) is 18.3 Å². The number of aromatic hydroxyl groups is 1. The maximum atomic E-state index is 12.5. The Morgan fingerprint density at radius 1 is 1.06 bits per heavy atom. The van der Waals surface area contributed by atoms with E-state index in [-0.39, 0.29) is 28.5 Å². The second kappa shape index (κ2) is 9.02. The average Bonchev–Trinajstić information content (AvgIpc) is 3.27. The van der Waals surface area contributed by atoms with Gasteiger partial charge < -0.3 is 10.4 Å². The number of nitrogens with one attached hydrogen (secondary N) is 2. The topological polar surface area (TPSA) is 137 Å². The quantitative estimate of drug-likeness (QED) is 0.498. The fraction of sp³-hybridized carbons (Fsp3) is 0.143. The number of aliphatic imine (C=N–C) groups is 1. The smallest absolute Gasteiger partial charge is 0.264 e. The van der Waals surface area contributed by atoms with Crippen LogP contribution in [0.2, 0.25) is 0 Å². The molecule has 1 unspecified atom stereocenters. The van der Waals surface area contributed by atoms with Crippen LogP contribution in [0.25, 0.3) is 0 Å². The normalized spacial score (nSPS) is 15.5. The summed E-state index contributed by atoms with van der Waals surface area (Å²) >= 11 is 0. The van der Waals surface area contributed by atoms with Gasteiger partial charge in [-0.3, -0.25) is 14.7 Å². The predicted octanol–water partition coefficient (Wildman–Crippen LogP) is 1.95. The number of benzene rings is 2. The zero-order valence-corrected chi connectivity index (χ0v) is 17.6. The standard InChI is InChI=1S/C21H20N6O4S/c28-18-6-2-15(3-7-18)20(29)27-13-17(25-14-27)12-24-16-4-8-19(9-5-16)32(30,31)26-21-22-10-1-11-23-21/h1-11,14,17,24,28H,12-13H2,(H,22,23,26). The average molecular weight is 452 g/mol. The van der Waals surface area contributed by atoms with Crippen LogP contribution < -0.4 is 10.0 Å². The van der Waals surface area contributed by atoms with E-state index >= 15 is 0 Å². The molecule has 0 aliphatic carbocycles. The molecule has 0 fully saturated rings. The summed E-state index contributed by atoms with van der Waals surface area (Å²) in [6.45, 7) is 0.887. The number of phenolic OH excluding ortho intramolecular Hbond substituents is 1. The number of sulfonamides is 1. The molecule has 0 saturated carbocycles. The van der Waals surface area contributed by atoms with Crippen molar-refractivity contribution in [3.8, 4) is 5.75 Å². The van der Waals surface area contributed by atoms with Crippen LogP contribution in [0.4, 0.5) is 11.6 Å². The van der Waals surface area contributed by atoms with Crippen molar-refractivity contribution in [2.45, 2.75) is 10.9 Å². The van der Waals surface area contributed by atoms with Gasteiger partial charge in [-0.15, -0.1) is 0 Å². The van der Waals surface area contributed by atoms with E-state index in [1.165, 1.54) is 47.9 Å². The van der Waals surface area contributed by atoms with Crippen LogP contribution in [0.3, 0.4) is 0 Å². The van der Waals surface area contributed by atoms with Crippen molar-refractivity contribution in [2.24, 2.45) is 4.99 Å². The van der Waals surface area contributed by atoms with Crippen LogP contribution in [0.15, 0.2) is 76.9 Å². The first kappa shape index (κ1) is 21.2. The summed E-state index contributed by atoms with van der Waals surface area (Å²) in [6.07, 6.45) is 4.40. The summed E-state index contributed by atoms with van der Waals surface area (Å²) in [5.74, 6) is -0.0948. The number of carbonyl (C=O) groups is 1. The van der Waals surface area contributed by atoms with Gasteiger partial charge in [0.25, 0.3) is 15.9 Å². The lowest BCUT2D eigenvalue weighted by Crippen LogP contribution is -2.32. The molecule has 10 nitrogen and oxygen atoms in total. The summed E-state index contributed by atoms with van der Waals surface area (Å²) in [7, 11) is -3.79. The molecule has 2 aromatic carbocycles. The molecule has 11 heteroatoms. The maximum absolute atomic E-state index is 12.5. The van der Waals surface area contributed by atoms with E-state index in [4.69, 9.17) is 0 Å². The number of nitrogens with zero attached hydrogens (tertiary/aromatic N) is 4. The van der Waals surface area contributed by atoms with E-state index in [1.54, 1.807) is 30.3 Å². The molecule has 0 bridgehead atoms. The molecule has 3 N–H and O–H groups in total. The second-order valence-electron chi connectivity index (χ2n) is 7.01. The van der Waals surface area contributed by atoms with Crippen LogP contribution in [0.1, 0.15) is 10.4 Å². The molecule has 2 heterocycles. The third-order valence-corrected chi connectivity index (χ3v) is 6.04. The Kier molecular flexibility index (Phi) is 5.99. The van der Waals surface area contributed by atoms with E-state index in [0.29, 0.717) is 18.7 Å². The van der Waals surface area contributed by atoms with E-state index in [2.05, 4.69) is 25.0 Å². The number of anilines is 2. The van der Waals surface area contributed by atoms with Crippen molar-refractivity contribution in [2.75, 3.05) is 23.1 Å². The van der Waals surface area contributed by atoms with Gasteiger partial charge in [0.15, 0.2) is 0 Å². The molecular formula is C21H20N6O4S. The molecule has 0 radical (unpaired) electrons. The van der Waals surface area contributed by atoms with Gasteiger partial charge in [-0.25, -0.2) is 23.1 Å². The Balaban J connectivity index is 1.31. The Labute approximate surface area is 184 Å². The molecular weight excluding hydrogens is 432 g/mol. The number of aromatic nitrogens is 2. The molecule has 3 aromatic rings. The summed E-state index contributed by atoms with van der Waals surface area (Å²) in [5.41, 5.74) is 1.19. The third-order valence-electron chi connectivity index (χ3n) is 4.70. The van der Waals surface area contributed by atoms with Crippen molar-refractivity contribution in [3.63, 3.8) is 0 Å². The number of hydrogen-bond donors (Lipinski definition) is 3. The Bertz CT molecular complexity index is 1220. The first-order chi connectivity index (χ1) is 15.4. The lowest BCUT2D eigenvalue weighted by atomic mass is 10.2. The Hall–Kier alpha value is -3.99. The second-order valence-corrected chi connectivity index (χ2v) is 8.69. The highest BCUT2D eigenvalue weighted by Crippen LogP contribution is 2.18. The molecule has 1 aliphatic rings. The number of amides is 1. The maximum Gasteiger partial charge on any atom is 0.264 e. The zero-order valence-electron chi connectivity index (χ0n) is 16.8. The summed E-state index contributed by atoms with van der Waals surface area (Å²) < 4.78 is 27.2. The summed E-state index contributed by atoms with van der Waals surface area (Å²) in [4.78, 5) is 26.2. The van der Waals surface area contributed by atoms with Gasteiger partial charge in [0.05, 0.1) is 23.8 Å². The summed E-state index contributed by atoms with van der Waals surface area (Å²) in [5, 5.41) is 12.5. The van der Waals surface area contributed by atoms with E-state index in [0.717, 1.165) is 5.69 Å². The molecule has 0 saturated heterocycles. The molecule has 4 rings (SSSR count). The SMILES string of the molecule is O=C(c1ccc(O)cc1)N1C=NC(CNc2ccc(S(=O)(=O)Nc3ncccn3)cc2)C1.